The van der Waals surface area contributed by atoms with Gasteiger partial charge in [0.1, 0.15) is 22.8 Å². The average molecular weight is 566 g/mol. The number of hydrogen-bond acceptors (Lipinski definition) is 6. The van der Waals surface area contributed by atoms with E-state index in [1.54, 1.807) is 30.3 Å². The first kappa shape index (κ1) is 30.3. The van der Waals surface area contributed by atoms with Gasteiger partial charge in [-0.3, -0.25) is 4.79 Å². The second kappa shape index (κ2) is 12.3. The summed E-state index contributed by atoms with van der Waals surface area (Å²) in [7, 11) is 1.48. The zero-order chi connectivity index (χ0) is 28.3. The minimum absolute atomic E-state index is 0.0783. The molecule has 0 saturated carbocycles. The van der Waals surface area contributed by atoms with Gasteiger partial charge in [0, 0.05) is 29.0 Å². The van der Waals surface area contributed by atoms with E-state index in [1.807, 2.05) is 20.8 Å². The highest BCUT2D eigenvalue weighted by molar-refractivity contribution is 6.31. The third-order valence-electron chi connectivity index (χ3n) is 7.20. The number of nitrogens with zero attached hydrogens (tertiary/aromatic N) is 1. The Morgan fingerprint density at radius 2 is 2.00 bits per heavy atom. The van der Waals surface area contributed by atoms with E-state index in [0.717, 1.165) is 0 Å². The molecular weight excluding hydrogens is 530 g/mol. The Hall–Kier alpha value is -2.21. The molecule has 206 valence electrons. The van der Waals surface area contributed by atoms with E-state index in [9.17, 15) is 15.2 Å². The molecule has 2 aromatic rings. The Labute approximate surface area is 233 Å². The fraction of sp³-hybridized carbons (Fsp3) is 0.517. The molecule has 9 heteroatoms. The van der Waals surface area contributed by atoms with Gasteiger partial charge in [-0.25, -0.2) is 4.39 Å². The first-order valence-electron chi connectivity index (χ1n) is 12.7. The summed E-state index contributed by atoms with van der Waals surface area (Å²) in [6, 6.07) is 10.6. The topological polar surface area (TPSA) is 103 Å². The molecule has 0 unspecified atom stereocenters. The molecule has 0 aliphatic carbocycles. The average Bonchev–Trinajstić information content (AvgIpc) is 3.18. The highest BCUT2D eigenvalue weighted by Gasteiger charge is 2.60. The molecule has 6 nitrogen and oxygen atoms in total. The Kier molecular flexibility index (Phi) is 9.83. The van der Waals surface area contributed by atoms with E-state index in [2.05, 4.69) is 11.4 Å². The van der Waals surface area contributed by atoms with Gasteiger partial charge in [0.15, 0.2) is 0 Å². The van der Waals surface area contributed by atoms with Gasteiger partial charge < -0.3 is 20.3 Å². The fourth-order valence-electron chi connectivity index (χ4n) is 5.55. The van der Waals surface area contributed by atoms with Crippen molar-refractivity contribution in [3.63, 3.8) is 0 Å². The van der Waals surface area contributed by atoms with Gasteiger partial charge in [-0.05, 0) is 48.4 Å². The third-order valence-corrected chi connectivity index (χ3v) is 7.73. The molecule has 1 heterocycles. The van der Waals surface area contributed by atoms with Gasteiger partial charge >= 0.3 is 0 Å². The molecule has 0 spiro atoms. The lowest BCUT2D eigenvalue weighted by molar-refractivity contribution is -0.121. The molecule has 0 aromatic heterocycles. The Balaban J connectivity index is 2.27. The number of halogens is 3. The lowest BCUT2D eigenvalue weighted by Gasteiger charge is -2.38. The third kappa shape index (κ3) is 6.16. The van der Waals surface area contributed by atoms with Crippen molar-refractivity contribution in [3.8, 4) is 11.8 Å². The molecule has 1 aliphatic heterocycles. The van der Waals surface area contributed by atoms with Crippen LogP contribution < -0.4 is 10.1 Å². The summed E-state index contributed by atoms with van der Waals surface area (Å²) in [5, 5.41) is 33.6. The van der Waals surface area contributed by atoms with Gasteiger partial charge in [-0.2, -0.15) is 5.26 Å². The maximum absolute atomic E-state index is 15.7. The van der Waals surface area contributed by atoms with Crippen molar-refractivity contribution < 1.29 is 24.1 Å². The van der Waals surface area contributed by atoms with E-state index in [0.29, 0.717) is 29.2 Å². The van der Waals surface area contributed by atoms with Crippen LogP contribution in [0.4, 0.5) is 4.39 Å². The smallest absolute Gasteiger partial charge is 0.150 e. The summed E-state index contributed by atoms with van der Waals surface area (Å²) < 4.78 is 21.4. The zero-order valence-electron chi connectivity index (χ0n) is 22.1. The molecule has 3 rings (SSSR count). The number of Topliss-reactive ketones (excluding diaryl/α,β-unsaturated/α-hetero) is 1. The summed E-state index contributed by atoms with van der Waals surface area (Å²) >= 11 is 12.5. The number of benzene rings is 2. The summed E-state index contributed by atoms with van der Waals surface area (Å²) in [6.45, 7) is 5.72. The van der Waals surface area contributed by atoms with Crippen LogP contribution in [0.1, 0.15) is 63.5 Å². The number of carbonyl (C=O) groups is 1. The van der Waals surface area contributed by atoms with E-state index < -0.39 is 41.9 Å². The molecule has 5 atom stereocenters. The molecule has 1 saturated heterocycles. The largest absolute Gasteiger partial charge is 0.496 e. The number of aliphatic hydroxyl groups is 2. The van der Waals surface area contributed by atoms with Crippen LogP contribution in [-0.2, 0) is 10.2 Å². The summed E-state index contributed by atoms with van der Waals surface area (Å²) in [5.41, 5.74) is -1.00. The van der Waals surface area contributed by atoms with E-state index in [4.69, 9.17) is 33.0 Å². The summed E-state index contributed by atoms with van der Waals surface area (Å²) in [5.74, 6) is -1.47. The standard InChI is InChI=1S/C29H35Cl2FN2O4/c1-28(2,3)14-24-29(16-33,20-12-11-17(30)13-23(20)38-4)25(19-8-6-9-21(31)26(19)32)27(34-24)22(37)10-5-7-18(36)15-35/h6,8-9,11-13,18,24-25,27,34-36H,5,7,10,14-15H2,1-4H3/t18-,24-,25-,27+,29-/m0/s1. The van der Waals surface area contributed by atoms with E-state index >= 15 is 4.39 Å². The molecule has 3 N–H and O–H groups in total. The second-order valence-electron chi connectivity index (χ2n) is 11.1. The van der Waals surface area contributed by atoms with Gasteiger partial charge in [-0.1, -0.05) is 62.2 Å². The van der Waals surface area contributed by atoms with Crippen molar-refractivity contribution in [3.05, 3.63) is 63.4 Å². The molecule has 2 aromatic carbocycles. The molecule has 0 bridgehead atoms. The number of rotatable bonds is 10. The number of hydrogen-bond donors (Lipinski definition) is 3. The van der Waals surface area contributed by atoms with Crippen LogP contribution in [0.3, 0.4) is 0 Å². The second-order valence-corrected chi connectivity index (χ2v) is 11.9. The van der Waals surface area contributed by atoms with E-state index in [1.165, 1.54) is 13.2 Å². The van der Waals surface area contributed by atoms with Gasteiger partial charge in [0.2, 0.25) is 0 Å². The predicted octanol–water partition coefficient (Wildman–Crippen LogP) is 5.56. The lowest BCUT2D eigenvalue weighted by atomic mass is 9.62. The molecule has 0 radical (unpaired) electrons. The van der Waals surface area contributed by atoms with E-state index in [-0.39, 0.29) is 34.6 Å². The van der Waals surface area contributed by atoms with Crippen LogP contribution in [0.2, 0.25) is 10.0 Å². The minimum atomic E-state index is -1.42. The van der Waals surface area contributed by atoms with Crippen molar-refractivity contribution >= 4 is 29.0 Å². The number of ketones is 1. The summed E-state index contributed by atoms with van der Waals surface area (Å²) in [4.78, 5) is 13.7. The van der Waals surface area contributed by atoms with Crippen LogP contribution >= 0.6 is 23.2 Å². The van der Waals surface area contributed by atoms with Gasteiger partial charge in [0.25, 0.3) is 0 Å². The van der Waals surface area contributed by atoms with Gasteiger partial charge in [-0.15, -0.1) is 0 Å². The lowest BCUT2D eigenvalue weighted by Crippen LogP contribution is -2.44. The minimum Gasteiger partial charge on any atom is -0.496 e. The first-order chi connectivity index (χ1) is 17.9. The fourth-order valence-corrected chi connectivity index (χ4v) is 5.89. The number of carbonyl (C=O) groups excluding carboxylic acids is 1. The predicted molar refractivity (Wildman–Crippen MR) is 146 cm³/mol. The maximum Gasteiger partial charge on any atom is 0.150 e. The number of nitriles is 1. The van der Waals surface area contributed by atoms with Crippen LogP contribution in [0, 0.1) is 22.6 Å². The zero-order valence-corrected chi connectivity index (χ0v) is 23.6. The monoisotopic (exact) mass is 564 g/mol. The van der Waals surface area contributed by atoms with Crippen LogP contribution in [0.15, 0.2) is 36.4 Å². The molecule has 0 amide bonds. The Morgan fingerprint density at radius 3 is 2.61 bits per heavy atom. The van der Waals surface area contributed by atoms with Crippen molar-refractivity contribution in [2.75, 3.05) is 13.7 Å². The van der Waals surface area contributed by atoms with Crippen molar-refractivity contribution in [1.82, 2.24) is 5.32 Å². The highest BCUT2D eigenvalue weighted by atomic mass is 35.5. The number of nitrogens with one attached hydrogen (secondary N) is 1. The molecule has 38 heavy (non-hydrogen) atoms. The van der Waals surface area contributed by atoms with Crippen LogP contribution in [-0.4, -0.2) is 47.9 Å². The number of ether oxygens (including phenoxy) is 1. The number of aliphatic hydroxyl groups excluding tert-OH is 2. The SMILES string of the molecule is COc1cc(Cl)ccc1[C@@]1(C#N)[C@H](CC(C)(C)C)N[C@H](C(=O)CCC[C@H](O)CO)[C@@H]1c1cccc(Cl)c1F. The summed E-state index contributed by atoms with van der Waals surface area (Å²) in [6.07, 6.45) is 0.223. The molecule has 1 fully saturated rings. The maximum atomic E-state index is 15.7. The van der Waals surface area contributed by atoms with Crippen LogP contribution in [0.25, 0.3) is 0 Å². The van der Waals surface area contributed by atoms with Crippen molar-refractivity contribution in [2.24, 2.45) is 5.41 Å². The quantitative estimate of drug-likeness (QED) is 0.349. The normalized spacial score (nSPS) is 24.2. The Bertz CT molecular complexity index is 1200. The first-order valence-corrected chi connectivity index (χ1v) is 13.4. The molecule has 1 aliphatic rings. The van der Waals surface area contributed by atoms with Gasteiger partial charge in [0.05, 0.1) is 37.0 Å². The van der Waals surface area contributed by atoms with Crippen molar-refractivity contribution in [2.45, 2.75) is 76.0 Å². The highest BCUT2D eigenvalue weighted by Crippen LogP contribution is 2.54. The Morgan fingerprint density at radius 1 is 1.29 bits per heavy atom. The van der Waals surface area contributed by atoms with Crippen LogP contribution in [0.5, 0.6) is 5.75 Å². The molecular formula is C29H35Cl2FN2O4. The number of methoxy groups -OCH3 is 1. The van der Waals surface area contributed by atoms with Crippen molar-refractivity contribution in [1.29, 1.82) is 5.26 Å².